The first-order chi connectivity index (χ1) is 10.1. The third-order valence-electron chi connectivity index (χ3n) is 3.74. The van der Waals surface area contributed by atoms with Crippen molar-refractivity contribution in [1.29, 1.82) is 0 Å². The van der Waals surface area contributed by atoms with Gasteiger partial charge in [-0.15, -0.1) is 0 Å². The van der Waals surface area contributed by atoms with E-state index in [0.29, 0.717) is 17.7 Å². The van der Waals surface area contributed by atoms with E-state index in [0.717, 1.165) is 18.1 Å². The second kappa shape index (κ2) is 6.81. The fourth-order valence-electron chi connectivity index (χ4n) is 2.63. The van der Waals surface area contributed by atoms with Gasteiger partial charge in [-0.3, -0.25) is 0 Å². The highest BCUT2D eigenvalue weighted by Crippen LogP contribution is 2.29. The molecular formula is C18H21F2N. The Morgan fingerprint density at radius 2 is 1.71 bits per heavy atom. The first-order valence-electron chi connectivity index (χ1n) is 7.35. The van der Waals surface area contributed by atoms with E-state index in [1.807, 2.05) is 31.2 Å². The minimum atomic E-state index is -0.505. The van der Waals surface area contributed by atoms with Crippen molar-refractivity contribution in [3.63, 3.8) is 0 Å². The average Bonchev–Trinajstić information content (AvgIpc) is 2.49. The van der Waals surface area contributed by atoms with Gasteiger partial charge in [-0.1, -0.05) is 38.1 Å². The van der Waals surface area contributed by atoms with Crippen molar-refractivity contribution in [3.05, 3.63) is 70.3 Å². The topological polar surface area (TPSA) is 12.0 Å². The van der Waals surface area contributed by atoms with Crippen LogP contribution in [0.2, 0.25) is 0 Å². The van der Waals surface area contributed by atoms with E-state index in [9.17, 15) is 8.78 Å². The zero-order chi connectivity index (χ0) is 15.4. The molecular weight excluding hydrogens is 268 g/mol. The number of rotatable bonds is 5. The summed E-state index contributed by atoms with van der Waals surface area (Å²) in [6, 6.07) is 10.3. The average molecular weight is 289 g/mol. The van der Waals surface area contributed by atoms with Gasteiger partial charge >= 0.3 is 0 Å². The molecule has 1 N–H and O–H groups in total. The maximum absolute atomic E-state index is 14.2. The second-order valence-corrected chi connectivity index (χ2v) is 5.17. The summed E-state index contributed by atoms with van der Waals surface area (Å²) in [7, 11) is 0. The molecule has 3 heteroatoms. The van der Waals surface area contributed by atoms with Gasteiger partial charge in [0.05, 0.1) is 6.04 Å². The SMILES string of the molecule is CCNC(c1cc(C)c(F)cc1F)c1ccccc1CC. The van der Waals surface area contributed by atoms with Crippen LogP contribution in [0.4, 0.5) is 8.78 Å². The normalized spacial score (nSPS) is 12.4. The molecule has 0 fully saturated rings. The van der Waals surface area contributed by atoms with Crippen LogP contribution in [-0.4, -0.2) is 6.54 Å². The standard InChI is InChI=1S/C18H21F2N/c1-4-13-8-6-7-9-14(13)18(21-5-2)15-10-12(3)16(19)11-17(15)20/h6-11,18,21H,4-5H2,1-3H3. The first-order valence-corrected chi connectivity index (χ1v) is 7.35. The van der Waals surface area contributed by atoms with Crippen LogP contribution in [0.1, 0.15) is 42.1 Å². The minimum absolute atomic E-state index is 0.259. The molecule has 2 aromatic rings. The van der Waals surface area contributed by atoms with Crippen LogP contribution in [0.3, 0.4) is 0 Å². The third kappa shape index (κ3) is 3.30. The quantitative estimate of drug-likeness (QED) is 0.852. The van der Waals surface area contributed by atoms with Gasteiger partial charge in [0.25, 0.3) is 0 Å². The second-order valence-electron chi connectivity index (χ2n) is 5.17. The van der Waals surface area contributed by atoms with Gasteiger partial charge < -0.3 is 5.32 Å². The first kappa shape index (κ1) is 15.6. The molecule has 0 radical (unpaired) electrons. The zero-order valence-corrected chi connectivity index (χ0v) is 12.7. The van der Waals surface area contributed by atoms with E-state index in [1.54, 1.807) is 13.0 Å². The molecule has 1 unspecified atom stereocenters. The Bertz CT molecular complexity index is 623. The van der Waals surface area contributed by atoms with Crippen LogP contribution in [0.5, 0.6) is 0 Å². The van der Waals surface area contributed by atoms with Gasteiger partial charge in [0, 0.05) is 11.6 Å². The van der Waals surface area contributed by atoms with E-state index in [2.05, 4.69) is 12.2 Å². The van der Waals surface area contributed by atoms with E-state index < -0.39 is 11.6 Å². The molecule has 1 atom stereocenters. The Labute approximate surface area is 125 Å². The van der Waals surface area contributed by atoms with Crippen molar-refractivity contribution in [2.24, 2.45) is 0 Å². The predicted octanol–water partition coefficient (Wildman–Crippen LogP) is 4.53. The van der Waals surface area contributed by atoms with Gasteiger partial charge in [0.2, 0.25) is 0 Å². The Morgan fingerprint density at radius 3 is 2.38 bits per heavy atom. The molecule has 0 saturated carbocycles. The largest absolute Gasteiger partial charge is 0.306 e. The van der Waals surface area contributed by atoms with Crippen molar-refractivity contribution in [1.82, 2.24) is 5.32 Å². The summed E-state index contributed by atoms with van der Waals surface area (Å²) < 4.78 is 27.7. The van der Waals surface area contributed by atoms with Gasteiger partial charge in [-0.2, -0.15) is 0 Å². The Hall–Kier alpha value is -1.74. The molecule has 0 saturated heterocycles. The zero-order valence-electron chi connectivity index (χ0n) is 12.7. The van der Waals surface area contributed by atoms with Gasteiger partial charge in [-0.25, -0.2) is 8.78 Å². The minimum Gasteiger partial charge on any atom is -0.306 e. The van der Waals surface area contributed by atoms with Crippen molar-refractivity contribution in [2.45, 2.75) is 33.2 Å². The lowest BCUT2D eigenvalue weighted by Crippen LogP contribution is -2.24. The van der Waals surface area contributed by atoms with E-state index in [-0.39, 0.29) is 6.04 Å². The fraction of sp³-hybridized carbons (Fsp3) is 0.333. The molecule has 21 heavy (non-hydrogen) atoms. The summed E-state index contributed by atoms with van der Waals surface area (Å²) in [4.78, 5) is 0. The van der Waals surface area contributed by atoms with Gasteiger partial charge in [0.1, 0.15) is 11.6 Å². The van der Waals surface area contributed by atoms with Crippen LogP contribution in [0, 0.1) is 18.6 Å². The van der Waals surface area contributed by atoms with E-state index >= 15 is 0 Å². The number of benzene rings is 2. The summed E-state index contributed by atoms with van der Waals surface area (Å²) in [5.41, 5.74) is 3.18. The summed E-state index contributed by atoms with van der Waals surface area (Å²) >= 11 is 0. The molecule has 2 aromatic carbocycles. The monoisotopic (exact) mass is 289 g/mol. The van der Waals surface area contributed by atoms with Crippen molar-refractivity contribution >= 4 is 0 Å². The van der Waals surface area contributed by atoms with Crippen molar-refractivity contribution in [2.75, 3.05) is 6.54 Å². The third-order valence-corrected chi connectivity index (χ3v) is 3.74. The Kier molecular flexibility index (Phi) is 5.07. The predicted molar refractivity (Wildman–Crippen MR) is 82.4 cm³/mol. The molecule has 1 nitrogen and oxygen atoms in total. The van der Waals surface area contributed by atoms with Gasteiger partial charge in [-0.05, 0) is 42.6 Å². The lowest BCUT2D eigenvalue weighted by atomic mass is 9.92. The lowest BCUT2D eigenvalue weighted by Gasteiger charge is -2.22. The molecule has 0 aliphatic heterocycles. The summed E-state index contributed by atoms with van der Waals surface area (Å²) in [5.74, 6) is -1.01. The number of nitrogens with one attached hydrogen (secondary N) is 1. The molecule has 0 spiro atoms. The Balaban J connectivity index is 2.56. The molecule has 112 valence electrons. The highest BCUT2D eigenvalue weighted by molar-refractivity contribution is 5.39. The fourth-order valence-corrected chi connectivity index (χ4v) is 2.63. The highest BCUT2D eigenvalue weighted by atomic mass is 19.1. The smallest absolute Gasteiger partial charge is 0.131 e. The molecule has 2 rings (SSSR count). The summed E-state index contributed by atoms with van der Waals surface area (Å²) in [6.07, 6.45) is 0.875. The number of hydrogen-bond acceptors (Lipinski definition) is 1. The van der Waals surface area contributed by atoms with Crippen LogP contribution >= 0.6 is 0 Å². The molecule has 0 bridgehead atoms. The number of hydrogen-bond donors (Lipinski definition) is 1. The molecule has 0 aliphatic rings. The van der Waals surface area contributed by atoms with Crippen LogP contribution < -0.4 is 5.32 Å². The molecule has 0 aromatic heterocycles. The van der Waals surface area contributed by atoms with Crippen LogP contribution in [0.15, 0.2) is 36.4 Å². The van der Waals surface area contributed by atoms with Crippen LogP contribution in [0.25, 0.3) is 0 Å². The molecule has 0 amide bonds. The van der Waals surface area contributed by atoms with Crippen LogP contribution in [-0.2, 0) is 6.42 Å². The highest BCUT2D eigenvalue weighted by Gasteiger charge is 2.20. The van der Waals surface area contributed by atoms with Gasteiger partial charge in [0.15, 0.2) is 0 Å². The maximum Gasteiger partial charge on any atom is 0.131 e. The van der Waals surface area contributed by atoms with E-state index in [1.165, 1.54) is 5.56 Å². The summed E-state index contributed by atoms with van der Waals surface area (Å²) in [5, 5.41) is 3.31. The van der Waals surface area contributed by atoms with Crippen molar-refractivity contribution < 1.29 is 8.78 Å². The van der Waals surface area contributed by atoms with E-state index in [4.69, 9.17) is 0 Å². The summed E-state index contributed by atoms with van der Waals surface area (Å²) in [6.45, 7) is 6.43. The number of halogens is 2. The number of aryl methyl sites for hydroxylation is 2. The van der Waals surface area contributed by atoms with Crippen molar-refractivity contribution in [3.8, 4) is 0 Å². The molecule has 0 heterocycles. The maximum atomic E-state index is 14.2. The Morgan fingerprint density at radius 1 is 1.00 bits per heavy atom. The molecule has 0 aliphatic carbocycles. The lowest BCUT2D eigenvalue weighted by molar-refractivity contribution is 0.536.